The SMILES string of the molecule is Cc1ccccc1OCC(C)NC(=O)c1cc2ccccc2o1. The Labute approximate surface area is 135 Å². The van der Waals surface area contributed by atoms with Crippen molar-refractivity contribution in [3.05, 3.63) is 65.9 Å². The molecule has 118 valence electrons. The molecule has 4 nitrogen and oxygen atoms in total. The number of rotatable bonds is 5. The standard InChI is InChI=1S/C19H19NO3/c1-13-7-3-5-9-16(13)22-12-14(2)20-19(21)18-11-15-8-4-6-10-17(15)23-18/h3-11,14H,12H2,1-2H3,(H,20,21). The second kappa shape index (κ2) is 6.57. The number of carbonyl (C=O) groups excluding carboxylic acids is 1. The Morgan fingerprint density at radius 3 is 2.70 bits per heavy atom. The number of para-hydroxylation sites is 2. The average Bonchev–Trinajstić information content (AvgIpc) is 2.98. The van der Waals surface area contributed by atoms with Crippen LogP contribution in [0.5, 0.6) is 5.75 Å². The van der Waals surface area contributed by atoms with Crippen molar-refractivity contribution in [1.29, 1.82) is 0 Å². The molecule has 0 aliphatic carbocycles. The van der Waals surface area contributed by atoms with Gasteiger partial charge in [-0.2, -0.15) is 0 Å². The Balaban J connectivity index is 1.60. The smallest absolute Gasteiger partial charge is 0.287 e. The van der Waals surface area contributed by atoms with Crippen LogP contribution in [-0.2, 0) is 0 Å². The zero-order valence-electron chi connectivity index (χ0n) is 13.2. The molecule has 1 unspecified atom stereocenters. The van der Waals surface area contributed by atoms with Gasteiger partial charge in [0, 0.05) is 5.39 Å². The second-order valence-corrected chi connectivity index (χ2v) is 5.60. The van der Waals surface area contributed by atoms with Crippen molar-refractivity contribution < 1.29 is 13.9 Å². The summed E-state index contributed by atoms with van der Waals surface area (Å²) < 4.78 is 11.3. The van der Waals surface area contributed by atoms with Gasteiger partial charge in [0.05, 0.1) is 6.04 Å². The molecule has 1 aromatic heterocycles. The monoisotopic (exact) mass is 309 g/mol. The van der Waals surface area contributed by atoms with Gasteiger partial charge in [0.2, 0.25) is 0 Å². The highest BCUT2D eigenvalue weighted by Crippen LogP contribution is 2.19. The number of carbonyl (C=O) groups is 1. The van der Waals surface area contributed by atoms with E-state index in [1.54, 1.807) is 6.07 Å². The van der Waals surface area contributed by atoms with Gasteiger partial charge in [-0.25, -0.2) is 0 Å². The lowest BCUT2D eigenvalue weighted by atomic mass is 10.2. The summed E-state index contributed by atoms with van der Waals surface area (Å²) in [5.41, 5.74) is 1.78. The van der Waals surface area contributed by atoms with Crippen LogP contribution in [0.25, 0.3) is 11.0 Å². The molecule has 0 saturated carbocycles. The molecule has 0 aliphatic rings. The fourth-order valence-electron chi connectivity index (χ4n) is 2.36. The fourth-order valence-corrected chi connectivity index (χ4v) is 2.36. The largest absolute Gasteiger partial charge is 0.491 e. The number of aryl methyl sites for hydroxylation is 1. The zero-order valence-corrected chi connectivity index (χ0v) is 13.2. The van der Waals surface area contributed by atoms with Gasteiger partial charge >= 0.3 is 0 Å². The molecular weight excluding hydrogens is 290 g/mol. The molecule has 0 spiro atoms. The molecule has 4 heteroatoms. The quantitative estimate of drug-likeness (QED) is 0.776. The first-order valence-corrected chi connectivity index (χ1v) is 7.61. The second-order valence-electron chi connectivity index (χ2n) is 5.60. The molecule has 1 amide bonds. The normalized spacial score (nSPS) is 12.1. The van der Waals surface area contributed by atoms with Gasteiger partial charge in [-0.15, -0.1) is 0 Å². The number of amides is 1. The minimum absolute atomic E-state index is 0.129. The third kappa shape index (κ3) is 3.54. The van der Waals surface area contributed by atoms with Crippen LogP contribution in [0.4, 0.5) is 0 Å². The topological polar surface area (TPSA) is 51.5 Å². The number of hydrogen-bond acceptors (Lipinski definition) is 3. The average molecular weight is 309 g/mol. The highest BCUT2D eigenvalue weighted by Gasteiger charge is 2.15. The third-order valence-corrected chi connectivity index (χ3v) is 3.61. The lowest BCUT2D eigenvalue weighted by Gasteiger charge is -2.15. The Morgan fingerprint density at radius 1 is 1.17 bits per heavy atom. The maximum Gasteiger partial charge on any atom is 0.287 e. The highest BCUT2D eigenvalue weighted by atomic mass is 16.5. The summed E-state index contributed by atoms with van der Waals surface area (Å²) in [5.74, 6) is 0.911. The van der Waals surface area contributed by atoms with Gasteiger partial charge in [-0.1, -0.05) is 36.4 Å². The molecule has 0 fully saturated rings. The van der Waals surface area contributed by atoms with Crippen LogP contribution in [0.2, 0.25) is 0 Å². The van der Waals surface area contributed by atoms with Crippen LogP contribution in [-0.4, -0.2) is 18.6 Å². The van der Waals surface area contributed by atoms with E-state index in [0.717, 1.165) is 16.7 Å². The number of furan rings is 1. The van der Waals surface area contributed by atoms with Crippen molar-refractivity contribution in [1.82, 2.24) is 5.32 Å². The van der Waals surface area contributed by atoms with E-state index in [1.807, 2.05) is 62.4 Å². The number of benzene rings is 2. The van der Waals surface area contributed by atoms with Crippen molar-refractivity contribution >= 4 is 16.9 Å². The molecule has 1 N–H and O–H groups in total. The fraction of sp³-hybridized carbons (Fsp3) is 0.211. The van der Waals surface area contributed by atoms with E-state index >= 15 is 0 Å². The van der Waals surface area contributed by atoms with Crippen molar-refractivity contribution in [2.45, 2.75) is 19.9 Å². The van der Waals surface area contributed by atoms with Crippen molar-refractivity contribution in [2.24, 2.45) is 0 Å². The van der Waals surface area contributed by atoms with Gasteiger partial charge in [0.1, 0.15) is 17.9 Å². The van der Waals surface area contributed by atoms with Crippen LogP contribution in [0.3, 0.4) is 0 Å². The molecule has 0 aliphatic heterocycles. The molecular formula is C19H19NO3. The predicted octanol–water partition coefficient (Wildman–Crippen LogP) is 3.94. The van der Waals surface area contributed by atoms with Gasteiger partial charge in [0.25, 0.3) is 5.91 Å². The Hall–Kier alpha value is -2.75. The minimum Gasteiger partial charge on any atom is -0.491 e. The number of hydrogen-bond donors (Lipinski definition) is 1. The molecule has 0 saturated heterocycles. The van der Waals surface area contributed by atoms with Gasteiger partial charge in [-0.3, -0.25) is 4.79 Å². The molecule has 3 aromatic rings. The molecule has 23 heavy (non-hydrogen) atoms. The zero-order chi connectivity index (χ0) is 16.2. The highest BCUT2D eigenvalue weighted by molar-refractivity contribution is 5.96. The van der Waals surface area contributed by atoms with Crippen molar-refractivity contribution in [3.63, 3.8) is 0 Å². The summed E-state index contributed by atoms with van der Waals surface area (Å²) in [6.07, 6.45) is 0. The summed E-state index contributed by atoms with van der Waals surface area (Å²) >= 11 is 0. The summed E-state index contributed by atoms with van der Waals surface area (Å²) in [7, 11) is 0. The summed E-state index contributed by atoms with van der Waals surface area (Å²) in [4.78, 5) is 12.2. The van der Waals surface area contributed by atoms with Crippen molar-refractivity contribution in [3.8, 4) is 5.75 Å². The summed E-state index contributed by atoms with van der Waals surface area (Å²) in [5, 5.41) is 3.81. The maximum atomic E-state index is 12.2. The lowest BCUT2D eigenvalue weighted by molar-refractivity contribution is 0.0901. The van der Waals surface area contributed by atoms with E-state index in [1.165, 1.54) is 0 Å². The predicted molar refractivity (Wildman–Crippen MR) is 89.8 cm³/mol. The molecule has 1 heterocycles. The van der Waals surface area contributed by atoms with E-state index in [2.05, 4.69) is 5.32 Å². The summed E-state index contributed by atoms with van der Waals surface area (Å²) in [6, 6.07) is 17.0. The van der Waals surface area contributed by atoms with Crippen molar-refractivity contribution in [2.75, 3.05) is 6.61 Å². The molecule has 3 rings (SSSR count). The Morgan fingerprint density at radius 2 is 1.91 bits per heavy atom. The molecule has 1 atom stereocenters. The molecule has 0 bridgehead atoms. The molecule has 2 aromatic carbocycles. The van der Waals surface area contributed by atoms with Crippen LogP contribution < -0.4 is 10.1 Å². The summed E-state index contributed by atoms with van der Waals surface area (Å²) in [6.45, 7) is 4.29. The van der Waals surface area contributed by atoms with Crippen LogP contribution in [0.15, 0.2) is 59.0 Å². The van der Waals surface area contributed by atoms with Gasteiger partial charge in [0.15, 0.2) is 5.76 Å². The van der Waals surface area contributed by atoms with Crippen LogP contribution in [0, 0.1) is 6.92 Å². The Bertz CT molecular complexity index is 789. The Kier molecular flexibility index (Phi) is 4.33. The number of fused-ring (bicyclic) bond motifs is 1. The van der Waals surface area contributed by atoms with Gasteiger partial charge in [-0.05, 0) is 37.6 Å². The third-order valence-electron chi connectivity index (χ3n) is 3.61. The number of ether oxygens (including phenoxy) is 1. The van der Waals surface area contributed by atoms with Crippen LogP contribution >= 0.6 is 0 Å². The first kappa shape index (κ1) is 15.2. The minimum atomic E-state index is -0.234. The van der Waals surface area contributed by atoms with E-state index in [0.29, 0.717) is 18.0 Å². The number of nitrogens with one attached hydrogen (secondary N) is 1. The van der Waals surface area contributed by atoms with Crippen LogP contribution in [0.1, 0.15) is 23.0 Å². The van der Waals surface area contributed by atoms with E-state index in [9.17, 15) is 4.79 Å². The van der Waals surface area contributed by atoms with Gasteiger partial charge < -0.3 is 14.5 Å². The maximum absolute atomic E-state index is 12.2. The van der Waals surface area contributed by atoms with E-state index in [4.69, 9.17) is 9.15 Å². The first-order chi connectivity index (χ1) is 11.1. The molecule has 0 radical (unpaired) electrons. The van der Waals surface area contributed by atoms with E-state index < -0.39 is 0 Å². The lowest BCUT2D eigenvalue weighted by Crippen LogP contribution is -2.36. The van der Waals surface area contributed by atoms with E-state index in [-0.39, 0.29) is 11.9 Å². The first-order valence-electron chi connectivity index (χ1n) is 7.61.